The van der Waals surface area contributed by atoms with Gasteiger partial charge in [-0.25, -0.2) is 13.1 Å². The van der Waals surface area contributed by atoms with Crippen LogP contribution in [0, 0.1) is 0 Å². The van der Waals surface area contributed by atoms with Crippen LogP contribution in [0.5, 0.6) is 0 Å². The first-order valence-corrected chi connectivity index (χ1v) is 7.87. The van der Waals surface area contributed by atoms with E-state index in [0.717, 1.165) is 17.8 Å². The summed E-state index contributed by atoms with van der Waals surface area (Å²) in [5.41, 5.74) is 0. The molecular weight excluding hydrogens is 244 g/mol. The fraction of sp³-hybridized carbons (Fsp3) is 0.600. The van der Waals surface area contributed by atoms with Crippen molar-refractivity contribution >= 4 is 21.4 Å². The van der Waals surface area contributed by atoms with Gasteiger partial charge in [-0.2, -0.15) is 0 Å². The number of sulfonamides is 1. The molecule has 2 N–H and O–H groups in total. The van der Waals surface area contributed by atoms with Gasteiger partial charge in [-0.15, -0.1) is 11.3 Å². The van der Waals surface area contributed by atoms with E-state index in [4.69, 9.17) is 0 Å². The van der Waals surface area contributed by atoms with Gasteiger partial charge in [-0.05, 0) is 24.4 Å². The Labute approximate surface area is 101 Å². The minimum Gasteiger partial charge on any atom is -0.316 e. The maximum absolute atomic E-state index is 11.5. The van der Waals surface area contributed by atoms with Crippen LogP contribution in [0.25, 0.3) is 0 Å². The third kappa shape index (κ3) is 5.60. The molecule has 0 atom stereocenters. The van der Waals surface area contributed by atoms with Crippen molar-refractivity contribution in [3.63, 3.8) is 0 Å². The molecule has 1 heterocycles. The third-order valence-electron chi connectivity index (χ3n) is 2.02. The highest BCUT2D eigenvalue weighted by atomic mass is 32.2. The molecule has 0 aliphatic carbocycles. The summed E-state index contributed by atoms with van der Waals surface area (Å²) >= 11 is 1.55. The number of nitrogens with one attached hydrogen (secondary N) is 2. The number of hydrogen-bond acceptors (Lipinski definition) is 4. The van der Waals surface area contributed by atoms with Crippen LogP contribution in [0.1, 0.15) is 18.2 Å². The van der Waals surface area contributed by atoms with E-state index in [1.807, 2.05) is 17.5 Å². The molecule has 1 aromatic rings. The van der Waals surface area contributed by atoms with Gasteiger partial charge in [-0.3, -0.25) is 0 Å². The van der Waals surface area contributed by atoms with E-state index in [1.165, 1.54) is 0 Å². The quantitative estimate of drug-likeness (QED) is 0.691. The molecule has 92 valence electrons. The van der Waals surface area contributed by atoms with Crippen LogP contribution in [0.2, 0.25) is 0 Å². The Morgan fingerprint density at radius 3 is 2.81 bits per heavy atom. The summed E-state index contributed by atoms with van der Waals surface area (Å²) in [6, 6.07) is 3.83. The van der Waals surface area contributed by atoms with Crippen molar-refractivity contribution in [3.8, 4) is 0 Å². The predicted octanol–water partition coefficient (Wildman–Crippen LogP) is 1.17. The molecule has 0 amide bonds. The van der Waals surface area contributed by atoms with Crippen molar-refractivity contribution in [3.05, 3.63) is 22.4 Å². The molecule has 0 unspecified atom stereocenters. The lowest BCUT2D eigenvalue weighted by atomic mass is 10.5. The smallest absolute Gasteiger partial charge is 0.213 e. The van der Waals surface area contributed by atoms with Crippen LogP contribution >= 0.6 is 11.3 Å². The van der Waals surface area contributed by atoms with Crippen molar-refractivity contribution in [1.29, 1.82) is 0 Å². The van der Waals surface area contributed by atoms with Crippen molar-refractivity contribution in [2.75, 3.05) is 18.8 Å². The summed E-state index contributed by atoms with van der Waals surface area (Å²) in [7, 11) is -3.14. The van der Waals surface area contributed by atoms with E-state index in [9.17, 15) is 8.42 Å². The highest BCUT2D eigenvalue weighted by Crippen LogP contribution is 2.07. The van der Waals surface area contributed by atoms with Gasteiger partial charge in [0.1, 0.15) is 0 Å². The van der Waals surface area contributed by atoms with Crippen LogP contribution in [-0.4, -0.2) is 27.3 Å². The van der Waals surface area contributed by atoms with Gasteiger partial charge in [0.25, 0.3) is 0 Å². The topological polar surface area (TPSA) is 58.2 Å². The molecule has 0 aromatic carbocycles. The second kappa shape index (κ2) is 7.01. The molecule has 4 nitrogen and oxygen atoms in total. The Bertz CT molecular complexity index is 374. The van der Waals surface area contributed by atoms with E-state index in [0.29, 0.717) is 13.1 Å². The number of hydrogen-bond donors (Lipinski definition) is 2. The Balaban J connectivity index is 2.23. The SMILES string of the molecule is CCCNCCS(=O)(=O)NCc1cccs1. The minimum atomic E-state index is -3.14. The first-order chi connectivity index (χ1) is 7.64. The van der Waals surface area contributed by atoms with E-state index in [2.05, 4.69) is 17.0 Å². The largest absolute Gasteiger partial charge is 0.316 e. The fourth-order valence-corrected chi connectivity index (χ4v) is 2.84. The van der Waals surface area contributed by atoms with E-state index < -0.39 is 10.0 Å². The zero-order chi connectivity index (χ0) is 11.9. The average molecular weight is 262 g/mol. The minimum absolute atomic E-state index is 0.137. The van der Waals surface area contributed by atoms with Gasteiger partial charge in [0.15, 0.2) is 0 Å². The first-order valence-electron chi connectivity index (χ1n) is 5.34. The lowest BCUT2D eigenvalue weighted by molar-refractivity contribution is 0.576. The van der Waals surface area contributed by atoms with E-state index >= 15 is 0 Å². The molecule has 0 bridgehead atoms. The molecule has 0 aliphatic rings. The molecular formula is C10H18N2O2S2. The zero-order valence-corrected chi connectivity index (χ0v) is 11.0. The number of rotatable bonds is 8. The summed E-state index contributed by atoms with van der Waals surface area (Å²) < 4.78 is 25.7. The molecule has 1 rings (SSSR count). The van der Waals surface area contributed by atoms with Gasteiger partial charge < -0.3 is 5.32 Å². The Kier molecular flexibility index (Phi) is 5.97. The molecule has 0 fully saturated rings. The van der Waals surface area contributed by atoms with Gasteiger partial charge in [-0.1, -0.05) is 13.0 Å². The molecule has 0 saturated heterocycles. The molecule has 0 radical (unpaired) electrons. The van der Waals surface area contributed by atoms with E-state index in [1.54, 1.807) is 11.3 Å². The Morgan fingerprint density at radius 2 is 2.19 bits per heavy atom. The third-order valence-corrected chi connectivity index (χ3v) is 4.22. The summed E-state index contributed by atoms with van der Waals surface area (Å²) in [5.74, 6) is 0.137. The average Bonchev–Trinajstić information content (AvgIpc) is 2.75. The monoisotopic (exact) mass is 262 g/mol. The first kappa shape index (κ1) is 13.6. The number of thiophene rings is 1. The van der Waals surface area contributed by atoms with Gasteiger partial charge in [0, 0.05) is 18.0 Å². The standard InChI is InChI=1S/C10H18N2O2S2/c1-2-5-11-6-8-16(13,14)12-9-10-4-3-7-15-10/h3-4,7,11-12H,2,5-6,8-9H2,1H3. The molecule has 16 heavy (non-hydrogen) atoms. The molecule has 0 saturated carbocycles. The van der Waals surface area contributed by atoms with Crippen LogP contribution in [-0.2, 0) is 16.6 Å². The predicted molar refractivity (Wildman–Crippen MR) is 68.1 cm³/mol. The van der Waals surface area contributed by atoms with Crippen molar-refractivity contribution in [1.82, 2.24) is 10.0 Å². The highest BCUT2D eigenvalue weighted by molar-refractivity contribution is 7.89. The van der Waals surface area contributed by atoms with Crippen LogP contribution in [0.3, 0.4) is 0 Å². The maximum Gasteiger partial charge on any atom is 0.213 e. The molecule has 1 aromatic heterocycles. The lowest BCUT2D eigenvalue weighted by Crippen LogP contribution is -2.31. The molecule has 0 spiro atoms. The summed E-state index contributed by atoms with van der Waals surface area (Å²) in [6.07, 6.45) is 1.02. The van der Waals surface area contributed by atoms with Crippen molar-refractivity contribution < 1.29 is 8.42 Å². The van der Waals surface area contributed by atoms with Crippen LogP contribution in [0.4, 0.5) is 0 Å². The Hall–Kier alpha value is -0.430. The summed E-state index contributed by atoms with van der Waals surface area (Å²) in [6.45, 7) is 3.82. The normalized spacial score (nSPS) is 11.8. The maximum atomic E-state index is 11.5. The van der Waals surface area contributed by atoms with Crippen molar-refractivity contribution in [2.24, 2.45) is 0 Å². The van der Waals surface area contributed by atoms with Crippen molar-refractivity contribution in [2.45, 2.75) is 19.9 Å². The van der Waals surface area contributed by atoms with Crippen LogP contribution < -0.4 is 10.0 Å². The summed E-state index contributed by atoms with van der Waals surface area (Å²) in [5, 5.41) is 5.00. The molecule has 0 aliphatic heterocycles. The van der Waals surface area contributed by atoms with Gasteiger partial charge in [0.2, 0.25) is 10.0 Å². The highest BCUT2D eigenvalue weighted by Gasteiger charge is 2.09. The fourth-order valence-electron chi connectivity index (χ4n) is 1.17. The van der Waals surface area contributed by atoms with Gasteiger partial charge in [0.05, 0.1) is 5.75 Å². The summed E-state index contributed by atoms with van der Waals surface area (Å²) in [4.78, 5) is 1.03. The van der Waals surface area contributed by atoms with Gasteiger partial charge >= 0.3 is 0 Å². The Morgan fingerprint density at radius 1 is 1.38 bits per heavy atom. The molecule has 6 heteroatoms. The second-order valence-corrected chi connectivity index (χ2v) is 6.43. The lowest BCUT2D eigenvalue weighted by Gasteiger charge is -2.06. The zero-order valence-electron chi connectivity index (χ0n) is 9.40. The second-order valence-electron chi connectivity index (χ2n) is 3.47. The van der Waals surface area contributed by atoms with Crippen LogP contribution in [0.15, 0.2) is 17.5 Å². The van der Waals surface area contributed by atoms with E-state index in [-0.39, 0.29) is 5.75 Å².